The lowest BCUT2D eigenvalue weighted by Gasteiger charge is -2.48. The smallest absolute Gasteiger partial charge is 0.271 e. The molecule has 0 bridgehead atoms. The minimum atomic E-state index is -0.0727. The molecular formula is C18H30N4O2. The van der Waals surface area contributed by atoms with E-state index in [1.165, 1.54) is 19.3 Å². The number of carbonyl (C=O) groups excluding carboxylic acids is 1. The Morgan fingerprint density at radius 1 is 1.33 bits per heavy atom. The van der Waals surface area contributed by atoms with Gasteiger partial charge in [0, 0.05) is 31.0 Å². The summed E-state index contributed by atoms with van der Waals surface area (Å²) >= 11 is 0. The quantitative estimate of drug-likeness (QED) is 0.836. The van der Waals surface area contributed by atoms with Crippen molar-refractivity contribution < 1.29 is 9.53 Å². The van der Waals surface area contributed by atoms with E-state index in [0.29, 0.717) is 12.2 Å². The van der Waals surface area contributed by atoms with Gasteiger partial charge in [-0.05, 0) is 51.3 Å². The van der Waals surface area contributed by atoms with Gasteiger partial charge in [-0.3, -0.25) is 14.8 Å². The van der Waals surface area contributed by atoms with E-state index in [1.807, 2.05) is 6.07 Å². The van der Waals surface area contributed by atoms with Gasteiger partial charge in [0.25, 0.3) is 5.91 Å². The summed E-state index contributed by atoms with van der Waals surface area (Å²) in [5.41, 5.74) is 1.58. The zero-order valence-corrected chi connectivity index (χ0v) is 14.8. The van der Waals surface area contributed by atoms with E-state index in [4.69, 9.17) is 4.74 Å². The van der Waals surface area contributed by atoms with Gasteiger partial charge in [0.2, 0.25) is 0 Å². The van der Waals surface area contributed by atoms with Gasteiger partial charge >= 0.3 is 0 Å². The highest BCUT2D eigenvalue weighted by atomic mass is 16.5. The maximum absolute atomic E-state index is 12.5. The highest BCUT2D eigenvalue weighted by Crippen LogP contribution is 2.30. The third-order valence-corrected chi connectivity index (χ3v) is 5.41. The Kier molecular flexibility index (Phi) is 5.89. The second-order valence-electron chi connectivity index (χ2n) is 7.10. The molecule has 2 N–H and O–H groups in total. The molecule has 0 unspecified atom stereocenters. The molecule has 2 fully saturated rings. The zero-order valence-electron chi connectivity index (χ0n) is 14.8. The number of nitrogens with one attached hydrogen (secondary N) is 2. The highest BCUT2D eigenvalue weighted by molar-refractivity contribution is 5.92. The molecule has 0 saturated carbocycles. The third-order valence-electron chi connectivity index (χ3n) is 5.41. The number of H-pyrrole nitrogens is 1. The summed E-state index contributed by atoms with van der Waals surface area (Å²) in [5, 5.41) is 10.3. The monoisotopic (exact) mass is 334 g/mol. The molecule has 134 valence electrons. The van der Waals surface area contributed by atoms with Crippen LogP contribution in [0.15, 0.2) is 6.07 Å². The van der Waals surface area contributed by atoms with Gasteiger partial charge in [-0.15, -0.1) is 0 Å². The predicted molar refractivity (Wildman–Crippen MR) is 93.1 cm³/mol. The number of carbonyl (C=O) groups is 1. The summed E-state index contributed by atoms with van der Waals surface area (Å²) in [6.45, 7) is 6.65. The normalized spacial score (nSPS) is 21.5. The molecule has 6 nitrogen and oxygen atoms in total. The first kappa shape index (κ1) is 17.4. The Morgan fingerprint density at radius 2 is 2.08 bits per heavy atom. The fourth-order valence-corrected chi connectivity index (χ4v) is 3.94. The fourth-order valence-electron chi connectivity index (χ4n) is 3.94. The molecule has 0 aliphatic carbocycles. The van der Waals surface area contributed by atoms with Crippen molar-refractivity contribution in [2.75, 3.05) is 32.8 Å². The van der Waals surface area contributed by atoms with Crippen molar-refractivity contribution in [3.8, 4) is 0 Å². The minimum absolute atomic E-state index is 0.0525. The molecule has 3 rings (SSSR count). The van der Waals surface area contributed by atoms with Crippen molar-refractivity contribution >= 4 is 5.91 Å². The van der Waals surface area contributed by atoms with Gasteiger partial charge < -0.3 is 10.1 Å². The van der Waals surface area contributed by atoms with Crippen LogP contribution in [0.4, 0.5) is 0 Å². The van der Waals surface area contributed by atoms with Crippen LogP contribution in [-0.4, -0.2) is 59.4 Å². The van der Waals surface area contributed by atoms with Gasteiger partial charge in [0.15, 0.2) is 0 Å². The van der Waals surface area contributed by atoms with Gasteiger partial charge in [-0.2, -0.15) is 5.10 Å². The van der Waals surface area contributed by atoms with Gasteiger partial charge in [0.1, 0.15) is 5.69 Å². The number of likely N-dealkylation sites (tertiary alicyclic amines) is 1. The largest absolute Gasteiger partial charge is 0.381 e. The molecule has 1 amide bonds. The van der Waals surface area contributed by atoms with Crippen LogP contribution < -0.4 is 5.32 Å². The first-order chi connectivity index (χ1) is 11.7. The first-order valence-corrected chi connectivity index (χ1v) is 9.39. The standard InChI is InChI=1S/C18H30N4O2/c1-2-6-15-13-16(21-20-15)17(23)19-14-18(7-11-24-12-8-18)22-9-4-3-5-10-22/h13H,2-12,14H2,1H3,(H,19,23)(H,20,21). The SMILES string of the molecule is CCCc1cc(C(=O)NCC2(N3CCCCC3)CCOCC2)n[nH]1. The summed E-state index contributed by atoms with van der Waals surface area (Å²) < 4.78 is 5.58. The van der Waals surface area contributed by atoms with Gasteiger partial charge in [0.05, 0.1) is 0 Å². The molecule has 1 aromatic heterocycles. The van der Waals surface area contributed by atoms with Gasteiger partial charge in [-0.25, -0.2) is 0 Å². The predicted octanol–water partition coefficient (Wildman–Crippen LogP) is 2.13. The van der Waals surface area contributed by atoms with Crippen LogP contribution in [0.3, 0.4) is 0 Å². The molecule has 0 aromatic carbocycles. The minimum Gasteiger partial charge on any atom is -0.381 e. The lowest BCUT2D eigenvalue weighted by molar-refractivity contribution is -0.0349. The molecule has 3 heterocycles. The second-order valence-corrected chi connectivity index (χ2v) is 7.10. The Balaban J connectivity index is 1.62. The molecule has 0 atom stereocenters. The second kappa shape index (κ2) is 8.12. The molecular weight excluding hydrogens is 304 g/mol. The third kappa shape index (κ3) is 3.98. The number of nitrogens with zero attached hydrogens (tertiary/aromatic N) is 2. The van der Waals surface area contributed by atoms with E-state index >= 15 is 0 Å². The molecule has 6 heteroatoms. The van der Waals surface area contributed by atoms with Gasteiger partial charge in [-0.1, -0.05) is 19.8 Å². The van der Waals surface area contributed by atoms with Crippen molar-refractivity contribution in [2.45, 2.75) is 57.4 Å². The van der Waals surface area contributed by atoms with Crippen LogP contribution >= 0.6 is 0 Å². The van der Waals surface area contributed by atoms with E-state index in [2.05, 4.69) is 27.3 Å². The number of aromatic amines is 1. The van der Waals surface area contributed by atoms with Crippen LogP contribution in [0.5, 0.6) is 0 Å². The van der Waals surface area contributed by atoms with E-state index in [0.717, 1.165) is 57.7 Å². The van der Waals surface area contributed by atoms with Crippen molar-refractivity contribution in [3.05, 3.63) is 17.5 Å². The van der Waals surface area contributed by atoms with E-state index in [1.54, 1.807) is 0 Å². The van der Waals surface area contributed by atoms with Crippen molar-refractivity contribution in [2.24, 2.45) is 0 Å². The van der Waals surface area contributed by atoms with Crippen LogP contribution in [0.25, 0.3) is 0 Å². The Bertz CT molecular complexity index is 531. The van der Waals surface area contributed by atoms with Crippen molar-refractivity contribution in [1.82, 2.24) is 20.4 Å². The Labute approximate surface area is 144 Å². The number of amides is 1. The summed E-state index contributed by atoms with van der Waals surface area (Å²) in [4.78, 5) is 15.1. The Hall–Kier alpha value is -1.40. The zero-order chi connectivity index (χ0) is 16.8. The summed E-state index contributed by atoms with van der Waals surface area (Å²) in [5.74, 6) is -0.0727. The highest BCUT2D eigenvalue weighted by Gasteiger charge is 2.39. The molecule has 0 radical (unpaired) electrons. The van der Waals surface area contributed by atoms with Crippen molar-refractivity contribution in [1.29, 1.82) is 0 Å². The lowest BCUT2D eigenvalue weighted by Crippen LogP contribution is -2.59. The van der Waals surface area contributed by atoms with Crippen LogP contribution in [0.1, 0.15) is 61.6 Å². The molecule has 24 heavy (non-hydrogen) atoms. The number of rotatable bonds is 6. The topological polar surface area (TPSA) is 70.2 Å². The van der Waals surface area contributed by atoms with Crippen LogP contribution in [0, 0.1) is 0 Å². The summed E-state index contributed by atoms with van der Waals surface area (Å²) in [6.07, 6.45) is 7.80. The molecule has 2 saturated heterocycles. The maximum Gasteiger partial charge on any atom is 0.271 e. The average Bonchev–Trinajstić information content (AvgIpc) is 3.10. The number of ether oxygens (including phenoxy) is 1. The number of hydrogen-bond acceptors (Lipinski definition) is 4. The molecule has 1 aromatic rings. The van der Waals surface area contributed by atoms with E-state index in [-0.39, 0.29) is 11.4 Å². The lowest BCUT2D eigenvalue weighted by atomic mass is 9.86. The summed E-state index contributed by atoms with van der Waals surface area (Å²) in [6, 6.07) is 1.87. The average molecular weight is 334 g/mol. The van der Waals surface area contributed by atoms with Crippen LogP contribution in [-0.2, 0) is 11.2 Å². The molecule has 2 aliphatic rings. The van der Waals surface area contributed by atoms with Crippen molar-refractivity contribution in [3.63, 3.8) is 0 Å². The number of piperidine rings is 1. The van der Waals surface area contributed by atoms with Crippen LogP contribution in [0.2, 0.25) is 0 Å². The number of hydrogen-bond donors (Lipinski definition) is 2. The van der Waals surface area contributed by atoms with E-state index in [9.17, 15) is 4.79 Å². The summed E-state index contributed by atoms with van der Waals surface area (Å²) in [7, 11) is 0. The molecule has 2 aliphatic heterocycles. The Morgan fingerprint density at radius 3 is 2.79 bits per heavy atom. The number of aryl methyl sites for hydroxylation is 1. The van der Waals surface area contributed by atoms with E-state index < -0.39 is 0 Å². The fraction of sp³-hybridized carbons (Fsp3) is 0.778. The number of aromatic nitrogens is 2. The molecule has 0 spiro atoms. The maximum atomic E-state index is 12.5. The first-order valence-electron chi connectivity index (χ1n) is 9.39.